The number of nitrogens with two attached hydrogens (primary N) is 1. The summed E-state index contributed by atoms with van der Waals surface area (Å²) in [4.78, 5) is 0.308. The van der Waals surface area contributed by atoms with Crippen molar-refractivity contribution in [2.75, 3.05) is 18.8 Å². The van der Waals surface area contributed by atoms with E-state index in [1.807, 2.05) is 17.8 Å². The number of halogens is 1. The van der Waals surface area contributed by atoms with Gasteiger partial charge in [-0.05, 0) is 47.5 Å². The Balaban J connectivity index is 2.40. The third kappa shape index (κ3) is 3.39. The van der Waals surface area contributed by atoms with Crippen LogP contribution in [0.15, 0.2) is 27.6 Å². The van der Waals surface area contributed by atoms with Crippen LogP contribution in [0.3, 0.4) is 0 Å². The summed E-state index contributed by atoms with van der Waals surface area (Å²) in [5, 5.41) is 0. The molecule has 2 rings (SSSR count). The molecule has 0 bridgehead atoms. The van der Waals surface area contributed by atoms with Crippen LogP contribution < -0.4 is 5.73 Å². The smallest absolute Gasteiger partial charge is 0.244 e. The van der Waals surface area contributed by atoms with Crippen molar-refractivity contribution in [1.82, 2.24) is 4.31 Å². The van der Waals surface area contributed by atoms with Gasteiger partial charge in [0.1, 0.15) is 0 Å². The standard InChI is InChI=1S/C13H19BrN2O2S2/c1-13(2)9-16(5-6-19-13)20(17,18)12-7-10(8-15)3-4-11(12)14/h3-4,7H,5-6,8-9,15H2,1-2H3. The number of hydrogen-bond donors (Lipinski definition) is 1. The van der Waals surface area contributed by atoms with Crippen molar-refractivity contribution in [2.45, 2.75) is 30.0 Å². The molecule has 1 aliphatic heterocycles. The highest BCUT2D eigenvalue weighted by Crippen LogP contribution is 2.34. The van der Waals surface area contributed by atoms with Crippen molar-refractivity contribution in [2.24, 2.45) is 5.73 Å². The minimum atomic E-state index is -3.48. The van der Waals surface area contributed by atoms with E-state index in [0.717, 1.165) is 11.3 Å². The molecule has 20 heavy (non-hydrogen) atoms. The van der Waals surface area contributed by atoms with Gasteiger partial charge in [-0.1, -0.05) is 6.07 Å². The zero-order valence-corrected chi connectivity index (χ0v) is 14.8. The third-order valence-electron chi connectivity index (χ3n) is 3.24. The molecular weight excluding hydrogens is 360 g/mol. The molecule has 1 aliphatic rings. The first-order chi connectivity index (χ1) is 9.26. The van der Waals surface area contributed by atoms with Crippen LogP contribution in [0.1, 0.15) is 19.4 Å². The Bertz CT molecular complexity index is 602. The lowest BCUT2D eigenvalue weighted by atomic mass is 10.2. The number of benzene rings is 1. The average molecular weight is 379 g/mol. The fourth-order valence-electron chi connectivity index (χ4n) is 2.19. The molecular formula is C13H19BrN2O2S2. The van der Waals surface area contributed by atoms with Crippen LogP contribution in [0.25, 0.3) is 0 Å². The van der Waals surface area contributed by atoms with Gasteiger partial charge in [0, 0.05) is 34.6 Å². The SMILES string of the molecule is CC1(C)CN(S(=O)(=O)c2cc(CN)ccc2Br)CCS1. The van der Waals surface area contributed by atoms with Crippen molar-refractivity contribution in [3.8, 4) is 0 Å². The number of nitrogens with zero attached hydrogens (tertiary/aromatic N) is 1. The summed E-state index contributed by atoms with van der Waals surface area (Å²) in [6.45, 7) is 5.56. The maximum atomic E-state index is 12.8. The summed E-state index contributed by atoms with van der Waals surface area (Å²) in [6, 6.07) is 5.24. The molecule has 4 nitrogen and oxygen atoms in total. The minimum Gasteiger partial charge on any atom is -0.326 e. The number of sulfonamides is 1. The molecule has 112 valence electrons. The van der Waals surface area contributed by atoms with Crippen LogP contribution in [-0.2, 0) is 16.6 Å². The Morgan fingerprint density at radius 1 is 1.45 bits per heavy atom. The Morgan fingerprint density at radius 3 is 2.75 bits per heavy atom. The second-order valence-corrected chi connectivity index (χ2v) is 9.98. The molecule has 0 aliphatic carbocycles. The van der Waals surface area contributed by atoms with Gasteiger partial charge in [-0.25, -0.2) is 8.42 Å². The number of hydrogen-bond acceptors (Lipinski definition) is 4. The predicted octanol–water partition coefficient (Wildman–Crippen LogP) is 2.42. The quantitative estimate of drug-likeness (QED) is 0.876. The number of rotatable bonds is 3. The van der Waals surface area contributed by atoms with Crippen molar-refractivity contribution < 1.29 is 8.42 Å². The molecule has 1 heterocycles. The molecule has 0 saturated carbocycles. The summed E-state index contributed by atoms with van der Waals surface area (Å²) in [7, 11) is -3.48. The lowest BCUT2D eigenvalue weighted by Crippen LogP contribution is -2.46. The van der Waals surface area contributed by atoms with Gasteiger partial charge < -0.3 is 5.73 Å². The molecule has 0 unspecified atom stereocenters. The van der Waals surface area contributed by atoms with Crippen LogP contribution in [0, 0.1) is 0 Å². The van der Waals surface area contributed by atoms with Gasteiger partial charge in [-0.15, -0.1) is 0 Å². The van der Waals surface area contributed by atoms with E-state index in [0.29, 0.717) is 29.0 Å². The Labute approximate surface area is 133 Å². The first-order valence-electron chi connectivity index (χ1n) is 6.39. The van der Waals surface area contributed by atoms with Crippen LogP contribution in [0.4, 0.5) is 0 Å². The predicted molar refractivity (Wildman–Crippen MR) is 87.3 cm³/mol. The molecule has 1 aromatic carbocycles. The lowest BCUT2D eigenvalue weighted by Gasteiger charge is -2.36. The van der Waals surface area contributed by atoms with Gasteiger partial charge in [0.05, 0.1) is 4.90 Å². The Kier molecular flexibility index (Phi) is 4.86. The maximum absolute atomic E-state index is 12.8. The fourth-order valence-corrected chi connectivity index (χ4v) is 6.08. The van der Waals surface area contributed by atoms with E-state index in [4.69, 9.17) is 5.73 Å². The minimum absolute atomic E-state index is 0.0523. The summed E-state index contributed by atoms with van der Waals surface area (Å²) < 4.78 is 27.7. The van der Waals surface area contributed by atoms with Crippen molar-refractivity contribution in [3.63, 3.8) is 0 Å². The molecule has 1 fully saturated rings. The second kappa shape index (κ2) is 5.96. The zero-order chi connectivity index (χ0) is 15.0. The Morgan fingerprint density at radius 2 is 2.15 bits per heavy atom. The second-order valence-electron chi connectivity index (χ2n) is 5.42. The largest absolute Gasteiger partial charge is 0.326 e. The zero-order valence-electron chi connectivity index (χ0n) is 11.6. The van der Waals surface area contributed by atoms with Crippen molar-refractivity contribution in [3.05, 3.63) is 28.2 Å². The van der Waals surface area contributed by atoms with Gasteiger partial charge in [0.2, 0.25) is 10.0 Å². The van der Waals surface area contributed by atoms with Crippen LogP contribution in [0.5, 0.6) is 0 Å². The van der Waals surface area contributed by atoms with E-state index in [9.17, 15) is 8.42 Å². The van der Waals surface area contributed by atoms with Gasteiger partial charge in [0.15, 0.2) is 0 Å². The molecule has 1 saturated heterocycles. The van der Waals surface area contributed by atoms with Crippen LogP contribution >= 0.6 is 27.7 Å². The topological polar surface area (TPSA) is 63.4 Å². The van der Waals surface area contributed by atoms with E-state index in [1.165, 1.54) is 0 Å². The normalized spacial score (nSPS) is 20.0. The molecule has 0 spiro atoms. The van der Waals surface area contributed by atoms with E-state index in [1.54, 1.807) is 16.4 Å². The van der Waals surface area contributed by atoms with Crippen LogP contribution in [-0.4, -0.2) is 36.3 Å². The first-order valence-corrected chi connectivity index (χ1v) is 9.61. The van der Waals surface area contributed by atoms with Gasteiger partial charge in [-0.3, -0.25) is 0 Å². The van der Waals surface area contributed by atoms with Gasteiger partial charge in [-0.2, -0.15) is 16.1 Å². The molecule has 0 radical (unpaired) electrons. The highest BCUT2D eigenvalue weighted by atomic mass is 79.9. The monoisotopic (exact) mass is 378 g/mol. The van der Waals surface area contributed by atoms with E-state index in [-0.39, 0.29) is 4.75 Å². The van der Waals surface area contributed by atoms with E-state index >= 15 is 0 Å². The van der Waals surface area contributed by atoms with Crippen LogP contribution in [0.2, 0.25) is 0 Å². The fraction of sp³-hybridized carbons (Fsp3) is 0.538. The van der Waals surface area contributed by atoms with E-state index < -0.39 is 10.0 Å². The summed E-state index contributed by atoms with van der Waals surface area (Å²) in [5.74, 6) is 0.820. The molecule has 2 N–H and O–H groups in total. The molecule has 0 aromatic heterocycles. The first kappa shape index (κ1) is 16.3. The number of thioether (sulfide) groups is 1. The molecule has 0 atom stereocenters. The summed E-state index contributed by atoms with van der Waals surface area (Å²) >= 11 is 5.15. The van der Waals surface area contributed by atoms with Gasteiger partial charge >= 0.3 is 0 Å². The average Bonchev–Trinajstić information content (AvgIpc) is 2.38. The van der Waals surface area contributed by atoms with E-state index in [2.05, 4.69) is 29.8 Å². The highest BCUT2D eigenvalue weighted by Gasteiger charge is 2.35. The maximum Gasteiger partial charge on any atom is 0.244 e. The molecule has 1 aromatic rings. The highest BCUT2D eigenvalue weighted by molar-refractivity contribution is 9.10. The van der Waals surface area contributed by atoms with Crippen molar-refractivity contribution in [1.29, 1.82) is 0 Å². The summed E-state index contributed by atoms with van der Waals surface area (Å²) in [5.41, 5.74) is 6.42. The molecule has 7 heteroatoms. The Hall–Kier alpha value is -0.0800. The third-order valence-corrected chi connectivity index (χ3v) is 7.38. The molecule has 0 amide bonds. The van der Waals surface area contributed by atoms with Crippen molar-refractivity contribution >= 4 is 37.7 Å². The lowest BCUT2D eigenvalue weighted by molar-refractivity contribution is 0.387. The van der Waals surface area contributed by atoms with Gasteiger partial charge in [0.25, 0.3) is 0 Å². The summed E-state index contributed by atoms with van der Waals surface area (Å²) in [6.07, 6.45) is 0.